The fraction of sp³-hybridized carbons (Fsp3) is 0.586. The monoisotopic (exact) mass is 632 g/mol. The Labute approximate surface area is 254 Å². The Morgan fingerprint density at radius 3 is 2.68 bits per heavy atom. The predicted octanol–water partition coefficient (Wildman–Crippen LogP) is 1.63. The summed E-state index contributed by atoms with van der Waals surface area (Å²) in [5.41, 5.74) is -0.403. The van der Waals surface area contributed by atoms with E-state index in [0.29, 0.717) is 30.4 Å². The number of nitrogens with two attached hydrogens (primary N) is 1. The summed E-state index contributed by atoms with van der Waals surface area (Å²) in [7, 11) is -3.87. The van der Waals surface area contributed by atoms with Crippen LogP contribution in [0.2, 0.25) is 0 Å². The van der Waals surface area contributed by atoms with E-state index >= 15 is 0 Å². The van der Waals surface area contributed by atoms with E-state index in [1.54, 1.807) is 12.1 Å². The Kier molecular flexibility index (Phi) is 8.03. The van der Waals surface area contributed by atoms with Gasteiger partial charge >= 0.3 is 12.1 Å². The molecule has 0 aromatic heterocycles. The molecule has 4 atom stereocenters. The minimum atomic E-state index is -3.87. The summed E-state index contributed by atoms with van der Waals surface area (Å²) >= 11 is 0. The van der Waals surface area contributed by atoms with E-state index in [9.17, 15) is 32.0 Å². The number of urea groups is 1. The van der Waals surface area contributed by atoms with E-state index in [1.165, 1.54) is 15.9 Å². The topological polar surface area (TPSA) is 171 Å². The number of sulfonamides is 1. The van der Waals surface area contributed by atoms with Crippen LogP contribution in [0.4, 0.5) is 14.0 Å². The average Bonchev–Trinajstić information content (AvgIpc) is 3.86. The Morgan fingerprint density at radius 1 is 1.14 bits per heavy atom. The van der Waals surface area contributed by atoms with Gasteiger partial charge in [0.15, 0.2) is 0 Å². The van der Waals surface area contributed by atoms with Gasteiger partial charge in [-0.05, 0) is 50.2 Å². The molecule has 4 N–H and O–H groups in total. The van der Waals surface area contributed by atoms with Gasteiger partial charge in [-0.1, -0.05) is 30.7 Å². The first kappa shape index (κ1) is 30.3. The number of nitrogens with one attached hydrogen (secondary N) is 2. The van der Waals surface area contributed by atoms with Crippen LogP contribution in [0.25, 0.3) is 0 Å². The molecule has 0 radical (unpaired) electrons. The maximum atomic E-state index is 14.2. The average molecular weight is 633 g/mol. The van der Waals surface area contributed by atoms with Gasteiger partial charge in [0.25, 0.3) is 5.91 Å². The number of allylic oxidation sites excluding steroid dienone is 1. The van der Waals surface area contributed by atoms with Crippen LogP contribution >= 0.6 is 0 Å². The molecule has 1 aromatic rings. The molecule has 3 aliphatic heterocycles. The van der Waals surface area contributed by atoms with Crippen LogP contribution < -0.4 is 15.9 Å². The molecule has 6 rings (SSSR count). The van der Waals surface area contributed by atoms with Gasteiger partial charge in [0.1, 0.15) is 23.5 Å². The molecule has 2 saturated carbocycles. The van der Waals surface area contributed by atoms with Crippen LogP contribution in [0.5, 0.6) is 0 Å². The van der Waals surface area contributed by atoms with Crippen LogP contribution in [0, 0.1) is 11.7 Å². The number of halogens is 1. The number of carbonyl (C=O) groups excluding carboxylic acids is 4. The Hall–Kier alpha value is -3.72. The number of nitrogens with zero attached hydrogens (tertiary/aromatic N) is 3. The molecule has 1 aromatic carbocycles. The zero-order valence-corrected chi connectivity index (χ0v) is 25.1. The highest BCUT2D eigenvalue weighted by Crippen LogP contribution is 2.46. The third kappa shape index (κ3) is 5.99. The fourth-order valence-electron chi connectivity index (χ4n) is 6.28. The highest BCUT2D eigenvalue weighted by molar-refractivity contribution is 7.91. The largest absolute Gasteiger partial charge is 0.444 e. The highest BCUT2D eigenvalue weighted by atomic mass is 32.2. The van der Waals surface area contributed by atoms with E-state index < -0.39 is 68.6 Å². The second-order valence-corrected chi connectivity index (χ2v) is 14.3. The molecule has 3 heterocycles. The van der Waals surface area contributed by atoms with Crippen molar-refractivity contribution in [3.63, 3.8) is 0 Å². The van der Waals surface area contributed by atoms with E-state index in [-0.39, 0.29) is 39.0 Å². The van der Waals surface area contributed by atoms with Gasteiger partial charge in [-0.3, -0.25) is 24.2 Å². The van der Waals surface area contributed by atoms with Crippen LogP contribution in [-0.2, 0) is 37.4 Å². The zero-order valence-electron chi connectivity index (χ0n) is 24.2. The lowest BCUT2D eigenvalue weighted by molar-refractivity contribution is -0.131. The molecule has 1 saturated heterocycles. The summed E-state index contributed by atoms with van der Waals surface area (Å²) in [4.78, 5) is 56.3. The number of hydrogen-bond donors (Lipinski definition) is 3. The summed E-state index contributed by atoms with van der Waals surface area (Å²) in [6.45, 7) is 0.332. The van der Waals surface area contributed by atoms with Crippen molar-refractivity contribution in [1.29, 1.82) is 0 Å². The number of amides is 5. The van der Waals surface area contributed by atoms with Crippen molar-refractivity contribution >= 4 is 34.0 Å². The molecule has 0 unspecified atom stereocenters. The highest BCUT2D eigenvalue weighted by Gasteiger charge is 2.62. The van der Waals surface area contributed by atoms with Crippen LogP contribution in [-0.4, -0.2) is 83.2 Å². The fourth-order valence-corrected chi connectivity index (χ4v) is 7.64. The molecule has 238 valence electrons. The number of carbonyl (C=O) groups is 4. The number of benzene rings is 1. The number of hydrazine groups is 1. The Balaban J connectivity index is 1.20. The first-order valence-electron chi connectivity index (χ1n) is 15.1. The molecule has 3 fully saturated rings. The smallest absolute Gasteiger partial charge is 0.410 e. The lowest BCUT2D eigenvalue weighted by atomic mass is 10.1. The van der Waals surface area contributed by atoms with Crippen molar-refractivity contribution in [1.82, 2.24) is 24.8 Å². The summed E-state index contributed by atoms with van der Waals surface area (Å²) < 4.78 is 47.3. The van der Waals surface area contributed by atoms with Gasteiger partial charge in [-0.25, -0.2) is 28.2 Å². The van der Waals surface area contributed by atoms with E-state index in [0.717, 1.165) is 24.3 Å². The number of rotatable bonds is 4. The molecular formula is C29H37FN6O7S. The second kappa shape index (κ2) is 11.7. The minimum Gasteiger partial charge on any atom is -0.444 e. The molecule has 15 heteroatoms. The molecular weight excluding hydrogens is 595 g/mol. The second-order valence-electron chi connectivity index (χ2n) is 12.3. The van der Waals surface area contributed by atoms with E-state index in [1.807, 2.05) is 12.2 Å². The van der Waals surface area contributed by atoms with Crippen molar-refractivity contribution in [2.45, 2.75) is 87.4 Å². The van der Waals surface area contributed by atoms with Crippen molar-refractivity contribution in [2.75, 3.05) is 13.1 Å². The molecule has 0 spiro atoms. The van der Waals surface area contributed by atoms with Crippen molar-refractivity contribution < 1.29 is 36.7 Å². The normalized spacial score (nSPS) is 29.9. The number of ether oxygens (including phenoxy) is 1. The SMILES string of the molecule is NN1CCCCC/C=C\[C@@H]2C[C@]2(C(=O)NS(=O)(=O)C2CC2)NC(=O)[C@@H]2C[C@@H](OC(=O)N3Cc4cccc(F)c4C3)CN2C1=O. The molecule has 13 nitrogen and oxygen atoms in total. The van der Waals surface area contributed by atoms with Crippen LogP contribution in [0.1, 0.15) is 62.5 Å². The first-order valence-corrected chi connectivity index (χ1v) is 16.6. The maximum Gasteiger partial charge on any atom is 0.410 e. The van der Waals surface area contributed by atoms with Crippen molar-refractivity contribution in [2.24, 2.45) is 11.8 Å². The minimum absolute atomic E-state index is 0.0347. The lowest BCUT2D eigenvalue weighted by Gasteiger charge is -2.29. The van der Waals surface area contributed by atoms with Gasteiger partial charge in [-0.15, -0.1) is 0 Å². The summed E-state index contributed by atoms with van der Waals surface area (Å²) in [5, 5.41) is 3.17. The quantitative estimate of drug-likeness (QED) is 0.255. The Morgan fingerprint density at radius 2 is 1.93 bits per heavy atom. The number of hydrogen-bond acceptors (Lipinski definition) is 8. The first-order chi connectivity index (χ1) is 21.0. The summed E-state index contributed by atoms with van der Waals surface area (Å²) in [6, 6.07) is 2.86. The third-order valence-corrected chi connectivity index (χ3v) is 10.9. The molecule has 5 aliphatic rings. The standard InChI is InChI=1S/C29H37FN6O7S/c30-23-9-6-7-18-15-34(17-22(18)23)28(40)43-20-13-24-25(37)32-29(26(38)33-44(41,42)21-10-11-21)14-19(29)8-4-2-1-3-5-12-36(31)27(39)35(24)16-20/h4,6-9,19-21,24H,1-3,5,10-17,31H2,(H,32,37)(H,33,38)/b8-4-/t19-,20-,24+,29+/m1/s1. The van der Waals surface area contributed by atoms with Gasteiger partial charge in [0.2, 0.25) is 15.9 Å². The summed E-state index contributed by atoms with van der Waals surface area (Å²) in [6.07, 6.45) is 6.22. The van der Waals surface area contributed by atoms with Crippen LogP contribution in [0.3, 0.4) is 0 Å². The molecule has 2 aliphatic carbocycles. The molecule has 5 amide bonds. The van der Waals surface area contributed by atoms with E-state index in [4.69, 9.17) is 10.6 Å². The summed E-state index contributed by atoms with van der Waals surface area (Å²) in [5.74, 6) is 3.78. The predicted molar refractivity (Wildman–Crippen MR) is 154 cm³/mol. The molecule has 44 heavy (non-hydrogen) atoms. The number of fused-ring (bicyclic) bond motifs is 3. The van der Waals surface area contributed by atoms with Gasteiger partial charge < -0.3 is 15.0 Å². The van der Waals surface area contributed by atoms with E-state index in [2.05, 4.69) is 10.0 Å². The zero-order chi connectivity index (χ0) is 31.2. The Bertz CT molecular complexity index is 1500. The lowest BCUT2D eigenvalue weighted by Crippen LogP contribution is -2.58. The molecule has 0 bridgehead atoms. The maximum absolute atomic E-state index is 14.2. The van der Waals surface area contributed by atoms with Crippen molar-refractivity contribution in [3.05, 3.63) is 47.3 Å². The van der Waals surface area contributed by atoms with Crippen LogP contribution in [0.15, 0.2) is 30.4 Å². The van der Waals surface area contributed by atoms with Gasteiger partial charge in [0, 0.05) is 31.0 Å². The third-order valence-electron chi connectivity index (χ3n) is 9.11. The van der Waals surface area contributed by atoms with Gasteiger partial charge in [0.05, 0.1) is 18.3 Å². The van der Waals surface area contributed by atoms with Gasteiger partial charge in [-0.2, -0.15) is 0 Å². The van der Waals surface area contributed by atoms with Crippen molar-refractivity contribution in [3.8, 4) is 0 Å².